The summed E-state index contributed by atoms with van der Waals surface area (Å²) < 4.78 is 3.03. The topological polar surface area (TPSA) is 60.1 Å². The number of aromatic nitrogens is 3. The molecular formula is C15H19N3O2. The number of hydrogen-bond acceptors (Lipinski definition) is 3. The summed E-state index contributed by atoms with van der Waals surface area (Å²) in [4.78, 5) is 12.2. The van der Waals surface area contributed by atoms with E-state index in [1.807, 2.05) is 44.2 Å². The smallest absolute Gasteiger partial charge is 0.350 e. The Balaban J connectivity index is 2.31. The normalized spacial score (nSPS) is 12.9. The highest BCUT2D eigenvalue weighted by atomic mass is 16.2. The van der Waals surface area contributed by atoms with Crippen molar-refractivity contribution in [2.75, 3.05) is 6.61 Å². The zero-order chi connectivity index (χ0) is 14.5. The fourth-order valence-electron chi connectivity index (χ4n) is 1.90. The molecule has 0 aliphatic rings. The van der Waals surface area contributed by atoms with Crippen LogP contribution in [0.2, 0.25) is 0 Å². The van der Waals surface area contributed by atoms with Crippen molar-refractivity contribution in [2.45, 2.75) is 26.3 Å². The maximum Gasteiger partial charge on any atom is 0.350 e. The molecule has 5 nitrogen and oxygen atoms in total. The van der Waals surface area contributed by atoms with Crippen LogP contribution in [0.5, 0.6) is 0 Å². The maximum absolute atomic E-state index is 12.2. The third kappa shape index (κ3) is 2.88. The number of nitrogens with zero attached hydrogens (tertiary/aromatic N) is 3. The zero-order valence-corrected chi connectivity index (χ0v) is 11.7. The minimum absolute atomic E-state index is 0.0168. The van der Waals surface area contributed by atoms with E-state index in [0.717, 1.165) is 17.7 Å². The van der Waals surface area contributed by atoms with Crippen molar-refractivity contribution in [1.82, 2.24) is 14.3 Å². The summed E-state index contributed by atoms with van der Waals surface area (Å²) in [5, 5.41) is 12.9. The highest BCUT2D eigenvalue weighted by molar-refractivity contribution is 5.51. The summed E-state index contributed by atoms with van der Waals surface area (Å²) in [7, 11) is 0. The Kier molecular flexibility index (Phi) is 4.53. The molecule has 1 aromatic carbocycles. The lowest BCUT2D eigenvalue weighted by Gasteiger charge is -2.06. The molecule has 0 fully saturated rings. The van der Waals surface area contributed by atoms with Crippen LogP contribution in [0.4, 0.5) is 0 Å². The Morgan fingerprint density at radius 2 is 2.05 bits per heavy atom. The second-order valence-corrected chi connectivity index (χ2v) is 4.66. The second-order valence-electron chi connectivity index (χ2n) is 4.66. The van der Waals surface area contributed by atoms with Crippen molar-refractivity contribution >= 4 is 6.08 Å². The molecule has 0 saturated heterocycles. The molecule has 1 heterocycles. The van der Waals surface area contributed by atoms with E-state index in [0.29, 0.717) is 0 Å². The Hall–Kier alpha value is -2.14. The SMILES string of the molecule is CCC(C)n1ncn(-c2ccc(C=CCO)cc2)c1=O. The summed E-state index contributed by atoms with van der Waals surface area (Å²) in [5.74, 6) is 0. The van der Waals surface area contributed by atoms with E-state index < -0.39 is 0 Å². The molecule has 0 spiro atoms. The van der Waals surface area contributed by atoms with Gasteiger partial charge in [-0.25, -0.2) is 14.0 Å². The van der Waals surface area contributed by atoms with Crippen molar-refractivity contribution in [3.63, 3.8) is 0 Å². The molecule has 0 radical (unpaired) electrons. The van der Waals surface area contributed by atoms with Crippen LogP contribution in [0, 0.1) is 0 Å². The molecule has 0 aliphatic heterocycles. The molecule has 2 rings (SSSR count). The molecule has 0 amide bonds. The van der Waals surface area contributed by atoms with Gasteiger partial charge in [0, 0.05) is 0 Å². The minimum Gasteiger partial charge on any atom is -0.392 e. The van der Waals surface area contributed by atoms with E-state index in [1.54, 1.807) is 12.4 Å². The van der Waals surface area contributed by atoms with Gasteiger partial charge >= 0.3 is 5.69 Å². The Labute approximate surface area is 117 Å². The lowest BCUT2D eigenvalue weighted by Crippen LogP contribution is -2.26. The molecule has 0 bridgehead atoms. The predicted octanol–water partition coefficient (Wildman–Crippen LogP) is 2.01. The fourth-order valence-corrected chi connectivity index (χ4v) is 1.90. The van der Waals surface area contributed by atoms with Gasteiger partial charge in [0.05, 0.1) is 18.3 Å². The molecular weight excluding hydrogens is 254 g/mol. The van der Waals surface area contributed by atoms with Crippen molar-refractivity contribution in [3.8, 4) is 5.69 Å². The molecule has 2 aromatic rings. The number of aliphatic hydroxyl groups excluding tert-OH is 1. The monoisotopic (exact) mass is 273 g/mol. The average molecular weight is 273 g/mol. The largest absolute Gasteiger partial charge is 0.392 e. The Bertz CT molecular complexity index is 638. The Morgan fingerprint density at radius 1 is 1.35 bits per heavy atom. The first-order valence-corrected chi connectivity index (χ1v) is 6.71. The van der Waals surface area contributed by atoms with E-state index in [4.69, 9.17) is 5.11 Å². The lowest BCUT2D eigenvalue weighted by atomic mass is 10.2. The van der Waals surface area contributed by atoms with Crippen LogP contribution in [0.1, 0.15) is 31.9 Å². The number of aliphatic hydroxyl groups is 1. The second kappa shape index (κ2) is 6.34. The molecule has 1 atom stereocenters. The van der Waals surface area contributed by atoms with E-state index >= 15 is 0 Å². The van der Waals surface area contributed by atoms with Gasteiger partial charge < -0.3 is 5.11 Å². The van der Waals surface area contributed by atoms with Crippen LogP contribution < -0.4 is 5.69 Å². The molecule has 1 aromatic heterocycles. The molecule has 1 N–H and O–H groups in total. The van der Waals surface area contributed by atoms with Gasteiger partial charge in [0.15, 0.2) is 0 Å². The third-order valence-electron chi connectivity index (χ3n) is 3.29. The standard InChI is InChI=1S/C15H19N3O2/c1-3-12(2)18-15(20)17(11-16-18)14-8-6-13(7-9-14)5-4-10-19/h4-9,11-12,19H,3,10H2,1-2H3. The molecule has 20 heavy (non-hydrogen) atoms. The average Bonchev–Trinajstić information content (AvgIpc) is 2.86. The summed E-state index contributed by atoms with van der Waals surface area (Å²) in [6.45, 7) is 4.02. The molecule has 106 valence electrons. The van der Waals surface area contributed by atoms with Gasteiger partial charge in [-0.3, -0.25) is 0 Å². The molecule has 1 unspecified atom stereocenters. The van der Waals surface area contributed by atoms with Gasteiger partial charge in [0.25, 0.3) is 0 Å². The Morgan fingerprint density at radius 3 is 2.65 bits per heavy atom. The van der Waals surface area contributed by atoms with Gasteiger partial charge in [0.1, 0.15) is 6.33 Å². The van der Waals surface area contributed by atoms with Crippen LogP contribution in [0.3, 0.4) is 0 Å². The summed E-state index contributed by atoms with van der Waals surface area (Å²) in [5.41, 5.74) is 1.63. The van der Waals surface area contributed by atoms with Gasteiger partial charge in [0.2, 0.25) is 0 Å². The van der Waals surface area contributed by atoms with Gasteiger partial charge in [-0.05, 0) is 31.0 Å². The van der Waals surface area contributed by atoms with Crippen LogP contribution in [0.15, 0.2) is 41.5 Å². The number of benzene rings is 1. The van der Waals surface area contributed by atoms with Crippen LogP contribution >= 0.6 is 0 Å². The first-order valence-electron chi connectivity index (χ1n) is 6.71. The van der Waals surface area contributed by atoms with Crippen LogP contribution in [-0.2, 0) is 0 Å². The molecule has 0 saturated carbocycles. The quantitative estimate of drug-likeness (QED) is 0.906. The van der Waals surface area contributed by atoms with Crippen molar-refractivity contribution in [1.29, 1.82) is 0 Å². The summed E-state index contributed by atoms with van der Waals surface area (Å²) >= 11 is 0. The summed E-state index contributed by atoms with van der Waals surface area (Å²) in [6, 6.07) is 7.61. The molecule has 5 heteroatoms. The lowest BCUT2D eigenvalue weighted by molar-refractivity contribution is 0.343. The van der Waals surface area contributed by atoms with E-state index in [2.05, 4.69) is 5.10 Å². The van der Waals surface area contributed by atoms with Gasteiger partial charge in [-0.1, -0.05) is 31.2 Å². The van der Waals surface area contributed by atoms with Crippen LogP contribution in [-0.4, -0.2) is 26.1 Å². The number of rotatable bonds is 5. The highest BCUT2D eigenvalue weighted by Gasteiger charge is 2.10. The van der Waals surface area contributed by atoms with Crippen molar-refractivity contribution in [3.05, 3.63) is 52.7 Å². The fraction of sp³-hybridized carbons (Fsp3) is 0.333. The van der Waals surface area contributed by atoms with E-state index in [1.165, 1.54) is 9.25 Å². The van der Waals surface area contributed by atoms with Gasteiger partial charge in [-0.2, -0.15) is 5.10 Å². The molecule has 0 aliphatic carbocycles. The van der Waals surface area contributed by atoms with Gasteiger partial charge in [-0.15, -0.1) is 0 Å². The third-order valence-corrected chi connectivity index (χ3v) is 3.29. The van der Waals surface area contributed by atoms with E-state index in [9.17, 15) is 4.79 Å². The van der Waals surface area contributed by atoms with Crippen molar-refractivity contribution in [2.24, 2.45) is 0 Å². The highest BCUT2D eigenvalue weighted by Crippen LogP contribution is 2.10. The first kappa shape index (κ1) is 14.3. The predicted molar refractivity (Wildman–Crippen MR) is 78.9 cm³/mol. The van der Waals surface area contributed by atoms with Crippen LogP contribution in [0.25, 0.3) is 11.8 Å². The summed E-state index contributed by atoms with van der Waals surface area (Å²) in [6.07, 6.45) is 5.91. The maximum atomic E-state index is 12.2. The van der Waals surface area contributed by atoms with E-state index in [-0.39, 0.29) is 18.3 Å². The van der Waals surface area contributed by atoms with Crippen molar-refractivity contribution < 1.29 is 5.11 Å². The minimum atomic E-state index is -0.127. The first-order chi connectivity index (χ1) is 9.67. The zero-order valence-electron chi connectivity index (χ0n) is 11.7. The number of hydrogen-bond donors (Lipinski definition) is 1.